The summed E-state index contributed by atoms with van der Waals surface area (Å²) in [5.41, 5.74) is 1.96. The van der Waals surface area contributed by atoms with Gasteiger partial charge in [0.05, 0.1) is 5.02 Å². The molecule has 142 valence electrons. The van der Waals surface area contributed by atoms with Crippen molar-refractivity contribution in [3.8, 4) is 5.75 Å². The van der Waals surface area contributed by atoms with Crippen LogP contribution in [0.15, 0.2) is 41.6 Å². The van der Waals surface area contributed by atoms with Crippen LogP contribution in [-0.2, 0) is 12.8 Å². The Morgan fingerprint density at radius 3 is 2.48 bits per heavy atom. The first-order valence-electron chi connectivity index (χ1n) is 8.24. The second-order valence-electron chi connectivity index (χ2n) is 6.08. The predicted molar refractivity (Wildman–Crippen MR) is 112 cm³/mol. The summed E-state index contributed by atoms with van der Waals surface area (Å²) in [5.74, 6) is 1.94. The number of ether oxygens (including phenoxy) is 1. The average Bonchev–Trinajstić information content (AvgIpc) is 2.98. The van der Waals surface area contributed by atoms with E-state index in [2.05, 4.69) is 10.2 Å². The molecule has 0 bridgehead atoms. The van der Waals surface area contributed by atoms with Gasteiger partial charge in [-0.15, -0.1) is 10.2 Å². The lowest BCUT2D eigenvalue weighted by molar-refractivity contribution is 0.211. The fourth-order valence-corrected chi connectivity index (χ4v) is 4.38. The summed E-state index contributed by atoms with van der Waals surface area (Å²) in [6, 6.07) is 11.2. The number of aromatic nitrogens is 3. The molecule has 0 aliphatic carbocycles. The van der Waals surface area contributed by atoms with Crippen LogP contribution in [0.25, 0.3) is 0 Å². The van der Waals surface area contributed by atoms with E-state index in [9.17, 15) is 0 Å². The van der Waals surface area contributed by atoms with Crippen molar-refractivity contribution < 1.29 is 4.74 Å². The smallest absolute Gasteiger partial charge is 0.191 e. The monoisotopic (exact) mass is 441 g/mol. The molecule has 0 N–H and O–H groups in total. The van der Waals surface area contributed by atoms with Crippen LogP contribution in [0.4, 0.5) is 0 Å². The van der Waals surface area contributed by atoms with Crippen molar-refractivity contribution in [3.05, 3.63) is 68.4 Å². The molecule has 1 heterocycles. The van der Waals surface area contributed by atoms with Gasteiger partial charge in [0.1, 0.15) is 5.75 Å². The van der Waals surface area contributed by atoms with E-state index in [1.165, 1.54) is 11.8 Å². The number of hydrogen-bond donors (Lipinski definition) is 0. The van der Waals surface area contributed by atoms with Gasteiger partial charge in [0.25, 0.3) is 0 Å². The van der Waals surface area contributed by atoms with Gasteiger partial charge in [-0.25, -0.2) is 0 Å². The van der Waals surface area contributed by atoms with Crippen molar-refractivity contribution in [2.24, 2.45) is 7.05 Å². The molecule has 8 heteroatoms. The summed E-state index contributed by atoms with van der Waals surface area (Å²) < 4.78 is 7.91. The first kappa shape index (κ1) is 20.3. The minimum atomic E-state index is -0.306. The van der Waals surface area contributed by atoms with Crippen LogP contribution < -0.4 is 4.74 Å². The Kier molecular flexibility index (Phi) is 6.58. The Balaban J connectivity index is 1.73. The molecule has 0 saturated heterocycles. The quantitative estimate of drug-likeness (QED) is 0.408. The summed E-state index contributed by atoms with van der Waals surface area (Å²) in [6.45, 7) is 3.91. The maximum Gasteiger partial charge on any atom is 0.191 e. The van der Waals surface area contributed by atoms with E-state index in [0.717, 1.165) is 16.3 Å². The molecular formula is C19H18Cl3N3OS. The van der Waals surface area contributed by atoms with Crippen molar-refractivity contribution >= 4 is 46.6 Å². The predicted octanol–water partition coefficient (Wildman–Crippen LogP) is 6.52. The highest BCUT2D eigenvalue weighted by molar-refractivity contribution is 7.98. The second kappa shape index (κ2) is 8.74. The third kappa shape index (κ3) is 4.72. The van der Waals surface area contributed by atoms with Gasteiger partial charge in [-0.05, 0) is 49.2 Å². The number of rotatable bonds is 6. The Bertz CT molecular complexity index is 941. The SMILES string of the molecule is Cc1ccc(Cl)c(OC(C)c2nnc(SCc3c(Cl)cccc3Cl)n2C)c1. The van der Waals surface area contributed by atoms with Crippen LogP contribution >= 0.6 is 46.6 Å². The number of thioether (sulfide) groups is 1. The van der Waals surface area contributed by atoms with Gasteiger partial charge in [0, 0.05) is 22.8 Å². The maximum atomic E-state index is 6.24. The van der Waals surface area contributed by atoms with Gasteiger partial charge in [-0.3, -0.25) is 0 Å². The lowest BCUT2D eigenvalue weighted by atomic mass is 10.2. The van der Waals surface area contributed by atoms with E-state index in [1.807, 2.05) is 61.9 Å². The normalized spacial score (nSPS) is 12.2. The number of hydrogen-bond acceptors (Lipinski definition) is 4. The standard InChI is InChI=1S/C19H18Cl3N3OS/c1-11-7-8-16(22)17(9-11)26-12(2)18-23-24-19(25(18)3)27-10-13-14(20)5-4-6-15(13)21/h4-9,12H,10H2,1-3H3. The molecule has 0 amide bonds. The highest BCUT2D eigenvalue weighted by atomic mass is 35.5. The second-order valence-corrected chi connectivity index (χ2v) is 8.25. The minimum Gasteiger partial charge on any atom is -0.481 e. The molecule has 27 heavy (non-hydrogen) atoms. The average molecular weight is 443 g/mol. The zero-order chi connectivity index (χ0) is 19.6. The first-order valence-corrected chi connectivity index (χ1v) is 10.4. The van der Waals surface area contributed by atoms with E-state index in [1.54, 1.807) is 0 Å². The van der Waals surface area contributed by atoms with Crippen molar-refractivity contribution in [3.63, 3.8) is 0 Å². The van der Waals surface area contributed by atoms with E-state index in [-0.39, 0.29) is 6.10 Å². The highest BCUT2D eigenvalue weighted by Gasteiger charge is 2.19. The minimum absolute atomic E-state index is 0.306. The molecule has 0 aliphatic rings. The van der Waals surface area contributed by atoms with Gasteiger partial charge in [-0.1, -0.05) is 58.7 Å². The fraction of sp³-hybridized carbons (Fsp3) is 0.263. The lowest BCUT2D eigenvalue weighted by Gasteiger charge is -2.15. The van der Waals surface area contributed by atoms with Crippen molar-refractivity contribution in [1.29, 1.82) is 0 Å². The fourth-order valence-electron chi connectivity index (χ4n) is 2.56. The molecule has 3 rings (SSSR count). The molecule has 1 unspecified atom stereocenters. The molecule has 1 atom stereocenters. The van der Waals surface area contributed by atoms with Gasteiger partial charge in [-0.2, -0.15) is 0 Å². The summed E-state index contributed by atoms with van der Waals surface area (Å²) in [5, 5.41) is 11.2. The van der Waals surface area contributed by atoms with Crippen LogP contribution in [0, 0.1) is 6.92 Å². The van der Waals surface area contributed by atoms with Gasteiger partial charge in [0.15, 0.2) is 17.1 Å². The topological polar surface area (TPSA) is 39.9 Å². The van der Waals surface area contributed by atoms with Gasteiger partial charge in [0.2, 0.25) is 0 Å². The van der Waals surface area contributed by atoms with Crippen molar-refractivity contribution in [1.82, 2.24) is 14.8 Å². The lowest BCUT2D eigenvalue weighted by Crippen LogP contribution is -2.10. The van der Waals surface area contributed by atoms with Crippen molar-refractivity contribution in [2.45, 2.75) is 30.9 Å². The first-order chi connectivity index (χ1) is 12.9. The third-order valence-electron chi connectivity index (χ3n) is 4.03. The van der Waals surface area contributed by atoms with Crippen LogP contribution in [0.2, 0.25) is 15.1 Å². The maximum absolute atomic E-state index is 6.24. The van der Waals surface area contributed by atoms with Crippen LogP contribution in [0.1, 0.15) is 30.0 Å². The number of aryl methyl sites for hydroxylation is 1. The van der Waals surface area contributed by atoms with E-state index < -0.39 is 0 Å². The summed E-state index contributed by atoms with van der Waals surface area (Å²) >= 11 is 20.2. The number of benzene rings is 2. The molecule has 3 aromatic rings. The number of halogens is 3. The molecular weight excluding hydrogens is 425 g/mol. The Morgan fingerprint density at radius 2 is 1.78 bits per heavy atom. The largest absolute Gasteiger partial charge is 0.481 e. The van der Waals surface area contributed by atoms with E-state index in [4.69, 9.17) is 39.5 Å². The molecule has 0 radical (unpaired) electrons. The number of nitrogens with zero attached hydrogens (tertiary/aromatic N) is 3. The third-order valence-corrected chi connectivity index (χ3v) is 6.10. The van der Waals surface area contributed by atoms with E-state index in [0.29, 0.717) is 32.4 Å². The summed E-state index contributed by atoms with van der Waals surface area (Å²) in [6.07, 6.45) is -0.306. The zero-order valence-electron chi connectivity index (χ0n) is 15.0. The van der Waals surface area contributed by atoms with Gasteiger partial charge >= 0.3 is 0 Å². The summed E-state index contributed by atoms with van der Waals surface area (Å²) in [4.78, 5) is 0. The molecule has 0 saturated carbocycles. The van der Waals surface area contributed by atoms with Crippen LogP contribution in [0.3, 0.4) is 0 Å². The molecule has 2 aromatic carbocycles. The summed E-state index contributed by atoms with van der Waals surface area (Å²) in [7, 11) is 1.91. The molecule has 1 aromatic heterocycles. The molecule has 0 aliphatic heterocycles. The Morgan fingerprint density at radius 1 is 1.07 bits per heavy atom. The molecule has 0 spiro atoms. The van der Waals surface area contributed by atoms with Crippen molar-refractivity contribution in [2.75, 3.05) is 0 Å². The Labute approximate surface area is 177 Å². The molecule has 4 nitrogen and oxygen atoms in total. The van der Waals surface area contributed by atoms with Gasteiger partial charge < -0.3 is 9.30 Å². The Hall–Kier alpha value is -1.40. The van der Waals surface area contributed by atoms with Crippen LogP contribution in [0.5, 0.6) is 5.75 Å². The highest BCUT2D eigenvalue weighted by Crippen LogP contribution is 2.33. The molecule has 0 fully saturated rings. The van der Waals surface area contributed by atoms with E-state index >= 15 is 0 Å². The van der Waals surface area contributed by atoms with Crippen LogP contribution in [-0.4, -0.2) is 14.8 Å². The zero-order valence-corrected chi connectivity index (χ0v) is 18.1.